The van der Waals surface area contributed by atoms with Crippen LogP contribution >= 0.6 is 0 Å². The summed E-state index contributed by atoms with van der Waals surface area (Å²) in [7, 11) is 0. The second kappa shape index (κ2) is 7.72. The van der Waals surface area contributed by atoms with Crippen LogP contribution in [0.15, 0.2) is 24.3 Å². The summed E-state index contributed by atoms with van der Waals surface area (Å²) in [6.45, 7) is 4.47. The first-order chi connectivity index (χ1) is 7.86. The molecule has 0 unspecified atom stereocenters. The van der Waals surface area contributed by atoms with Crippen LogP contribution < -0.4 is 5.32 Å². The van der Waals surface area contributed by atoms with Crippen molar-refractivity contribution < 1.29 is 4.74 Å². The van der Waals surface area contributed by atoms with Gasteiger partial charge in [-0.25, -0.2) is 0 Å². The van der Waals surface area contributed by atoms with E-state index in [9.17, 15) is 0 Å². The highest BCUT2D eigenvalue weighted by Gasteiger charge is 1.93. The zero-order chi connectivity index (χ0) is 11.6. The monoisotopic (exact) mass is 218 g/mol. The lowest BCUT2D eigenvalue weighted by atomic mass is 10.1. The maximum atomic E-state index is 8.53. The highest BCUT2D eigenvalue weighted by atomic mass is 16.5. The van der Waals surface area contributed by atoms with E-state index in [1.807, 2.05) is 24.3 Å². The number of ether oxygens (including phenoxy) is 1. The van der Waals surface area contributed by atoms with Crippen LogP contribution in [0.1, 0.15) is 18.9 Å². The van der Waals surface area contributed by atoms with E-state index in [0.717, 1.165) is 37.4 Å². The number of hydrogen-bond donors (Lipinski definition) is 1. The smallest absolute Gasteiger partial charge is 0.0669 e. The third-order valence-corrected chi connectivity index (χ3v) is 2.16. The Kier molecular flexibility index (Phi) is 6.05. The fourth-order valence-electron chi connectivity index (χ4n) is 1.35. The molecule has 1 rings (SSSR count). The Bertz CT molecular complexity index is 327. The molecule has 16 heavy (non-hydrogen) atoms. The lowest BCUT2D eigenvalue weighted by Gasteiger charge is -2.07. The van der Waals surface area contributed by atoms with E-state index >= 15 is 0 Å². The summed E-state index contributed by atoms with van der Waals surface area (Å²) < 4.78 is 5.36. The maximum absolute atomic E-state index is 8.53. The van der Waals surface area contributed by atoms with Crippen LogP contribution in [-0.4, -0.2) is 19.8 Å². The van der Waals surface area contributed by atoms with Crippen LogP contribution in [0.2, 0.25) is 0 Å². The molecule has 3 heteroatoms. The molecule has 0 fully saturated rings. The van der Waals surface area contributed by atoms with Gasteiger partial charge in [-0.2, -0.15) is 5.26 Å². The van der Waals surface area contributed by atoms with E-state index in [-0.39, 0.29) is 0 Å². The van der Waals surface area contributed by atoms with E-state index in [0.29, 0.717) is 6.42 Å². The molecule has 0 aliphatic heterocycles. The maximum Gasteiger partial charge on any atom is 0.0669 e. The molecular formula is C13H18N2O. The summed E-state index contributed by atoms with van der Waals surface area (Å²) in [4.78, 5) is 0. The van der Waals surface area contributed by atoms with Gasteiger partial charge in [0.05, 0.1) is 19.1 Å². The van der Waals surface area contributed by atoms with E-state index in [4.69, 9.17) is 10.00 Å². The van der Waals surface area contributed by atoms with Gasteiger partial charge in [0.2, 0.25) is 0 Å². The molecule has 0 saturated heterocycles. The normalized spacial score (nSPS) is 9.75. The topological polar surface area (TPSA) is 45.0 Å². The molecule has 0 radical (unpaired) electrons. The quantitative estimate of drug-likeness (QED) is 0.715. The molecule has 0 aliphatic rings. The number of rotatable bonds is 7. The molecular weight excluding hydrogens is 200 g/mol. The van der Waals surface area contributed by atoms with Gasteiger partial charge in [0.15, 0.2) is 0 Å². The highest BCUT2D eigenvalue weighted by Crippen LogP contribution is 2.09. The van der Waals surface area contributed by atoms with Crippen LogP contribution in [0.3, 0.4) is 0 Å². The largest absolute Gasteiger partial charge is 0.383 e. The molecule has 1 aromatic rings. The van der Waals surface area contributed by atoms with Crippen molar-refractivity contribution in [1.82, 2.24) is 0 Å². The number of benzene rings is 1. The zero-order valence-corrected chi connectivity index (χ0v) is 9.70. The first kappa shape index (κ1) is 12.5. The number of nitrogens with one attached hydrogen (secondary N) is 1. The standard InChI is InChI=1S/C13H18N2O/c1-2-10-16-11-9-15-13-5-3-12(4-6-13)7-8-14/h3-6,15H,2,7,9-11H2,1H3. The minimum atomic E-state index is 0.472. The molecule has 0 saturated carbocycles. The molecule has 3 nitrogen and oxygen atoms in total. The van der Waals surface area contributed by atoms with Crippen molar-refractivity contribution in [2.24, 2.45) is 0 Å². The van der Waals surface area contributed by atoms with Gasteiger partial charge in [0, 0.05) is 18.8 Å². The second-order valence-corrected chi connectivity index (χ2v) is 3.57. The lowest BCUT2D eigenvalue weighted by molar-refractivity contribution is 0.144. The van der Waals surface area contributed by atoms with Crippen LogP contribution in [-0.2, 0) is 11.2 Å². The average molecular weight is 218 g/mol. The van der Waals surface area contributed by atoms with Gasteiger partial charge >= 0.3 is 0 Å². The summed E-state index contributed by atoms with van der Waals surface area (Å²) in [6, 6.07) is 10.1. The first-order valence-electron chi connectivity index (χ1n) is 5.64. The first-order valence-corrected chi connectivity index (χ1v) is 5.64. The van der Waals surface area contributed by atoms with Crippen molar-refractivity contribution in [3.05, 3.63) is 29.8 Å². The van der Waals surface area contributed by atoms with Crippen LogP contribution in [0.25, 0.3) is 0 Å². The van der Waals surface area contributed by atoms with E-state index in [1.54, 1.807) is 0 Å². The number of hydrogen-bond acceptors (Lipinski definition) is 3. The van der Waals surface area contributed by atoms with Crippen LogP contribution in [0.5, 0.6) is 0 Å². The Morgan fingerprint density at radius 2 is 2.00 bits per heavy atom. The van der Waals surface area contributed by atoms with E-state index in [2.05, 4.69) is 18.3 Å². The number of nitriles is 1. The van der Waals surface area contributed by atoms with Crippen molar-refractivity contribution in [3.63, 3.8) is 0 Å². The summed E-state index contributed by atoms with van der Waals surface area (Å²) >= 11 is 0. The van der Waals surface area contributed by atoms with Crippen LogP contribution in [0, 0.1) is 11.3 Å². The van der Waals surface area contributed by atoms with E-state index in [1.165, 1.54) is 0 Å². The van der Waals surface area contributed by atoms with Crippen molar-refractivity contribution in [1.29, 1.82) is 5.26 Å². The molecule has 0 aromatic heterocycles. The van der Waals surface area contributed by atoms with Crippen molar-refractivity contribution in [2.45, 2.75) is 19.8 Å². The summed E-state index contributed by atoms with van der Waals surface area (Å²) in [5.74, 6) is 0. The number of anilines is 1. The molecule has 1 N–H and O–H groups in total. The summed E-state index contributed by atoms with van der Waals surface area (Å²) in [5, 5.41) is 11.8. The Labute approximate surface area is 97.0 Å². The van der Waals surface area contributed by atoms with Gasteiger partial charge in [-0.15, -0.1) is 0 Å². The predicted molar refractivity (Wildman–Crippen MR) is 65.4 cm³/mol. The van der Waals surface area contributed by atoms with Gasteiger partial charge in [-0.3, -0.25) is 0 Å². The highest BCUT2D eigenvalue weighted by molar-refractivity contribution is 5.44. The molecule has 0 heterocycles. The van der Waals surface area contributed by atoms with Gasteiger partial charge < -0.3 is 10.1 Å². The minimum Gasteiger partial charge on any atom is -0.383 e. The third kappa shape index (κ3) is 4.81. The third-order valence-electron chi connectivity index (χ3n) is 2.16. The Morgan fingerprint density at radius 3 is 2.62 bits per heavy atom. The lowest BCUT2D eigenvalue weighted by Crippen LogP contribution is -2.09. The molecule has 0 aliphatic carbocycles. The summed E-state index contributed by atoms with van der Waals surface area (Å²) in [5.41, 5.74) is 2.12. The zero-order valence-electron chi connectivity index (χ0n) is 9.70. The molecule has 0 atom stereocenters. The Hall–Kier alpha value is -1.53. The SMILES string of the molecule is CCCOCCNc1ccc(CC#N)cc1. The van der Waals surface area contributed by atoms with Crippen molar-refractivity contribution >= 4 is 5.69 Å². The molecule has 0 spiro atoms. The van der Waals surface area contributed by atoms with Crippen LogP contribution in [0.4, 0.5) is 5.69 Å². The second-order valence-electron chi connectivity index (χ2n) is 3.57. The van der Waals surface area contributed by atoms with Crippen molar-refractivity contribution in [2.75, 3.05) is 25.1 Å². The van der Waals surface area contributed by atoms with Gasteiger partial charge in [-0.05, 0) is 24.1 Å². The molecule has 86 valence electrons. The molecule has 1 aromatic carbocycles. The Morgan fingerprint density at radius 1 is 1.25 bits per heavy atom. The Balaban J connectivity index is 2.24. The fraction of sp³-hybridized carbons (Fsp3) is 0.462. The van der Waals surface area contributed by atoms with Gasteiger partial charge in [0.1, 0.15) is 0 Å². The minimum absolute atomic E-state index is 0.472. The van der Waals surface area contributed by atoms with Crippen molar-refractivity contribution in [3.8, 4) is 6.07 Å². The average Bonchev–Trinajstić information content (AvgIpc) is 2.31. The fourth-order valence-corrected chi connectivity index (χ4v) is 1.35. The van der Waals surface area contributed by atoms with Gasteiger partial charge in [-0.1, -0.05) is 19.1 Å². The molecule has 0 amide bonds. The van der Waals surface area contributed by atoms with E-state index < -0.39 is 0 Å². The number of nitrogens with zero attached hydrogens (tertiary/aromatic N) is 1. The summed E-state index contributed by atoms with van der Waals surface area (Å²) in [6.07, 6.45) is 1.53. The predicted octanol–water partition coefficient (Wildman–Crippen LogP) is 2.59. The molecule has 0 bridgehead atoms. The van der Waals surface area contributed by atoms with Gasteiger partial charge in [0.25, 0.3) is 0 Å².